The lowest BCUT2D eigenvalue weighted by molar-refractivity contribution is 0.102. The highest BCUT2D eigenvalue weighted by atomic mass is 79.9. The van der Waals surface area contributed by atoms with Gasteiger partial charge in [-0.05, 0) is 68.9 Å². The number of amides is 1. The molecule has 1 aromatic carbocycles. The lowest BCUT2D eigenvalue weighted by Crippen LogP contribution is -2.18. The molecular formula is C22H26BrClN2O. The molecule has 1 aromatic heterocycles. The van der Waals surface area contributed by atoms with Gasteiger partial charge in [0, 0.05) is 15.9 Å². The average molecular weight is 450 g/mol. The zero-order valence-electron chi connectivity index (χ0n) is 16.5. The van der Waals surface area contributed by atoms with E-state index in [0.29, 0.717) is 22.7 Å². The van der Waals surface area contributed by atoms with E-state index in [1.54, 1.807) is 0 Å². The van der Waals surface area contributed by atoms with Crippen LogP contribution in [0.3, 0.4) is 0 Å². The molecule has 3 nitrogen and oxygen atoms in total. The van der Waals surface area contributed by atoms with Crippen LogP contribution in [0.5, 0.6) is 0 Å². The molecule has 2 aromatic rings. The van der Waals surface area contributed by atoms with Gasteiger partial charge in [0.15, 0.2) is 0 Å². The lowest BCUT2D eigenvalue weighted by atomic mass is 10.0. The first-order chi connectivity index (χ1) is 12.8. The molecule has 27 heavy (non-hydrogen) atoms. The minimum atomic E-state index is -0.210. The Bertz CT molecular complexity index is 865. The number of anilines is 1. The molecule has 144 valence electrons. The van der Waals surface area contributed by atoms with Gasteiger partial charge in [-0.3, -0.25) is 9.78 Å². The van der Waals surface area contributed by atoms with Crippen LogP contribution in [0.15, 0.2) is 28.8 Å². The van der Waals surface area contributed by atoms with E-state index in [1.165, 1.54) is 0 Å². The molecule has 2 rings (SSSR count). The highest BCUT2D eigenvalue weighted by Crippen LogP contribution is 2.31. The minimum absolute atomic E-state index is 0.210. The number of pyridine rings is 1. The maximum Gasteiger partial charge on any atom is 0.259 e. The predicted octanol–water partition coefficient (Wildman–Crippen LogP) is 6.61. The summed E-state index contributed by atoms with van der Waals surface area (Å²) in [4.78, 5) is 17.7. The van der Waals surface area contributed by atoms with Gasteiger partial charge in [-0.1, -0.05) is 53.5 Å². The van der Waals surface area contributed by atoms with E-state index in [2.05, 4.69) is 40.1 Å². The molecule has 0 aliphatic heterocycles. The van der Waals surface area contributed by atoms with Gasteiger partial charge < -0.3 is 5.32 Å². The number of hydrogen-bond acceptors (Lipinski definition) is 2. The number of aryl methyl sites for hydroxylation is 4. The van der Waals surface area contributed by atoms with Gasteiger partial charge in [0.2, 0.25) is 0 Å². The summed E-state index contributed by atoms with van der Waals surface area (Å²) in [5.41, 5.74) is 5.92. The maximum atomic E-state index is 13.1. The number of aromatic nitrogens is 1. The Balaban J connectivity index is 2.51. The molecule has 0 fully saturated rings. The van der Waals surface area contributed by atoms with Crippen LogP contribution in [0.2, 0.25) is 5.02 Å². The summed E-state index contributed by atoms with van der Waals surface area (Å²) in [6.45, 7) is 9.88. The molecular weight excluding hydrogens is 424 g/mol. The fourth-order valence-corrected chi connectivity index (χ4v) is 4.19. The molecule has 0 bridgehead atoms. The number of allylic oxidation sites excluding steroid dienone is 2. The number of nitrogens with one attached hydrogen (secondary N) is 1. The van der Waals surface area contributed by atoms with Crippen LogP contribution in [0.25, 0.3) is 0 Å². The quantitative estimate of drug-likeness (QED) is 0.504. The highest BCUT2D eigenvalue weighted by Gasteiger charge is 2.21. The summed E-state index contributed by atoms with van der Waals surface area (Å²) < 4.78 is 1.02. The average Bonchev–Trinajstić information content (AvgIpc) is 2.62. The summed E-state index contributed by atoms with van der Waals surface area (Å²) in [7, 11) is 0. The fourth-order valence-electron chi connectivity index (χ4n) is 3.20. The molecule has 0 atom stereocenters. The fraction of sp³-hybridized carbons (Fsp3) is 0.364. The van der Waals surface area contributed by atoms with Crippen LogP contribution >= 0.6 is 27.5 Å². The van der Waals surface area contributed by atoms with Crippen molar-refractivity contribution in [3.8, 4) is 0 Å². The van der Waals surface area contributed by atoms with Crippen molar-refractivity contribution in [2.24, 2.45) is 0 Å². The molecule has 0 spiro atoms. The third-order valence-corrected chi connectivity index (χ3v) is 5.54. The first kappa shape index (κ1) is 21.6. The molecule has 0 saturated heterocycles. The molecule has 1 heterocycles. The van der Waals surface area contributed by atoms with E-state index in [-0.39, 0.29) is 5.91 Å². The van der Waals surface area contributed by atoms with Crippen LogP contribution < -0.4 is 5.32 Å². The van der Waals surface area contributed by atoms with Gasteiger partial charge in [-0.25, -0.2) is 0 Å². The van der Waals surface area contributed by atoms with Crippen molar-refractivity contribution in [2.45, 2.75) is 53.9 Å². The Morgan fingerprint density at radius 2 is 1.78 bits per heavy atom. The van der Waals surface area contributed by atoms with Crippen molar-refractivity contribution in [1.82, 2.24) is 4.98 Å². The van der Waals surface area contributed by atoms with Crippen molar-refractivity contribution in [3.63, 3.8) is 0 Å². The van der Waals surface area contributed by atoms with Gasteiger partial charge in [0.25, 0.3) is 5.91 Å². The summed E-state index contributed by atoms with van der Waals surface area (Å²) in [6.07, 6.45) is 6.30. The molecule has 0 saturated carbocycles. The number of carbonyl (C=O) groups is 1. The molecule has 0 aliphatic rings. The van der Waals surface area contributed by atoms with Gasteiger partial charge >= 0.3 is 0 Å². The van der Waals surface area contributed by atoms with E-state index >= 15 is 0 Å². The number of halogens is 2. The standard InChI is InChI=1S/C22H26BrClN2O/c1-6-9-10-18-13(4)25-14(5)19(20(18)24)22(27)26-21-15(7-2)11-17(23)12-16(21)8-3/h6,9,11-12H,7-8,10H2,1-5H3,(H,26,27)/b9-6+. The van der Waals surface area contributed by atoms with Crippen molar-refractivity contribution >= 4 is 39.1 Å². The molecule has 1 N–H and O–H groups in total. The van der Waals surface area contributed by atoms with Crippen LogP contribution in [0.4, 0.5) is 5.69 Å². The van der Waals surface area contributed by atoms with Crippen molar-refractivity contribution in [1.29, 1.82) is 0 Å². The van der Waals surface area contributed by atoms with Crippen LogP contribution in [0.1, 0.15) is 59.2 Å². The Hall–Kier alpha value is -1.65. The summed E-state index contributed by atoms with van der Waals surface area (Å²) >= 11 is 10.2. The number of nitrogens with zero attached hydrogens (tertiary/aromatic N) is 1. The number of carbonyl (C=O) groups excluding carboxylic acids is 1. The third kappa shape index (κ3) is 4.80. The second-order valence-corrected chi connectivity index (χ2v) is 7.78. The molecule has 0 radical (unpaired) electrons. The SMILES string of the molecule is C/C=C/Cc1c(C)nc(C)c(C(=O)Nc2c(CC)cc(Br)cc2CC)c1Cl. The number of rotatable bonds is 6. The van der Waals surface area contributed by atoms with Crippen molar-refractivity contribution in [3.05, 3.63) is 67.4 Å². The van der Waals surface area contributed by atoms with Crippen LogP contribution in [0, 0.1) is 13.8 Å². The number of benzene rings is 1. The van der Waals surface area contributed by atoms with E-state index in [9.17, 15) is 4.79 Å². The second-order valence-electron chi connectivity index (χ2n) is 6.48. The van der Waals surface area contributed by atoms with Crippen LogP contribution in [-0.4, -0.2) is 10.9 Å². The normalized spacial score (nSPS) is 11.2. The zero-order valence-corrected chi connectivity index (χ0v) is 18.9. The van der Waals surface area contributed by atoms with Gasteiger partial charge in [0.1, 0.15) is 0 Å². The van der Waals surface area contributed by atoms with Crippen LogP contribution in [-0.2, 0) is 19.3 Å². The number of hydrogen-bond donors (Lipinski definition) is 1. The molecule has 1 amide bonds. The summed E-state index contributed by atoms with van der Waals surface area (Å²) in [5, 5.41) is 3.60. The van der Waals surface area contributed by atoms with Crippen molar-refractivity contribution in [2.75, 3.05) is 5.32 Å². The Kier molecular flexibility index (Phi) is 7.63. The van der Waals surface area contributed by atoms with Gasteiger partial charge in [-0.2, -0.15) is 0 Å². The third-order valence-electron chi connectivity index (χ3n) is 4.67. The Morgan fingerprint density at radius 3 is 2.30 bits per heavy atom. The first-order valence-electron chi connectivity index (χ1n) is 9.23. The molecule has 0 unspecified atom stereocenters. The van der Waals surface area contributed by atoms with E-state index in [1.807, 2.05) is 45.1 Å². The maximum absolute atomic E-state index is 13.1. The zero-order chi connectivity index (χ0) is 20.1. The van der Waals surface area contributed by atoms with E-state index in [4.69, 9.17) is 11.6 Å². The van der Waals surface area contributed by atoms with Gasteiger partial charge in [0.05, 0.1) is 16.3 Å². The predicted molar refractivity (Wildman–Crippen MR) is 118 cm³/mol. The summed E-state index contributed by atoms with van der Waals surface area (Å²) in [5.74, 6) is -0.210. The molecule has 0 aliphatic carbocycles. The molecule has 5 heteroatoms. The highest BCUT2D eigenvalue weighted by molar-refractivity contribution is 9.10. The first-order valence-corrected chi connectivity index (χ1v) is 10.4. The Labute approximate surface area is 175 Å². The summed E-state index contributed by atoms with van der Waals surface area (Å²) in [6, 6.07) is 4.10. The van der Waals surface area contributed by atoms with Gasteiger partial charge in [-0.15, -0.1) is 0 Å². The largest absolute Gasteiger partial charge is 0.321 e. The van der Waals surface area contributed by atoms with E-state index in [0.717, 1.165) is 45.4 Å². The van der Waals surface area contributed by atoms with Crippen molar-refractivity contribution < 1.29 is 4.79 Å². The smallest absolute Gasteiger partial charge is 0.259 e. The lowest BCUT2D eigenvalue weighted by Gasteiger charge is -2.18. The second kappa shape index (κ2) is 9.52. The topological polar surface area (TPSA) is 42.0 Å². The minimum Gasteiger partial charge on any atom is -0.321 e. The Morgan fingerprint density at radius 1 is 1.19 bits per heavy atom. The van der Waals surface area contributed by atoms with E-state index < -0.39 is 0 Å². The monoisotopic (exact) mass is 448 g/mol.